The van der Waals surface area contributed by atoms with Gasteiger partial charge < -0.3 is 10.1 Å². The van der Waals surface area contributed by atoms with Crippen LogP contribution in [0.5, 0.6) is 0 Å². The minimum absolute atomic E-state index is 0.170. The van der Waals surface area contributed by atoms with Crippen molar-refractivity contribution >= 4 is 0 Å². The summed E-state index contributed by atoms with van der Waals surface area (Å²) >= 11 is 0. The Kier molecular flexibility index (Phi) is 5.80. The van der Waals surface area contributed by atoms with E-state index >= 15 is 0 Å². The van der Waals surface area contributed by atoms with E-state index in [-0.39, 0.29) is 11.9 Å². The molecule has 1 atom stereocenters. The van der Waals surface area contributed by atoms with Gasteiger partial charge in [0.25, 0.3) is 0 Å². The van der Waals surface area contributed by atoms with Crippen LogP contribution in [0.25, 0.3) is 0 Å². The second kappa shape index (κ2) is 7.61. The Balaban J connectivity index is 1.96. The molecule has 106 valence electrons. The normalized spacial score (nSPS) is 17.8. The maximum atomic E-state index is 13.9. The van der Waals surface area contributed by atoms with Crippen molar-refractivity contribution in [2.24, 2.45) is 5.92 Å². The average Bonchev–Trinajstić information content (AvgIpc) is 2.93. The van der Waals surface area contributed by atoms with E-state index < -0.39 is 0 Å². The third-order valence-electron chi connectivity index (χ3n) is 3.84. The molecule has 0 amide bonds. The fourth-order valence-electron chi connectivity index (χ4n) is 2.70. The first-order valence-electron chi connectivity index (χ1n) is 7.38. The number of benzene rings is 1. The summed E-state index contributed by atoms with van der Waals surface area (Å²) in [5.74, 6) is 0.493. The molecule has 0 aromatic heterocycles. The number of hydrogen-bond acceptors (Lipinski definition) is 2. The molecule has 19 heavy (non-hydrogen) atoms. The van der Waals surface area contributed by atoms with Gasteiger partial charge in [0.1, 0.15) is 5.82 Å². The molecule has 1 N–H and O–H groups in total. The van der Waals surface area contributed by atoms with E-state index in [1.165, 1.54) is 31.7 Å². The lowest BCUT2D eigenvalue weighted by Gasteiger charge is -2.21. The van der Waals surface area contributed by atoms with Crippen LogP contribution < -0.4 is 5.32 Å². The summed E-state index contributed by atoms with van der Waals surface area (Å²) in [6.45, 7) is 4.35. The summed E-state index contributed by atoms with van der Waals surface area (Å²) in [5, 5.41) is 3.26. The van der Waals surface area contributed by atoms with Crippen molar-refractivity contribution < 1.29 is 9.13 Å². The molecule has 0 bridgehead atoms. The van der Waals surface area contributed by atoms with Crippen LogP contribution in [0.1, 0.15) is 44.3 Å². The monoisotopic (exact) mass is 265 g/mol. The average molecular weight is 265 g/mol. The van der Waals surface area contributed by atoms with Crippen LogP contribution in [0.4, 0.5) is 4.39 Å². The van der Waals surface area contributed by atoms with Gasteiger partial charge in [0.15, 0.2) is 0 Å². The highest BCUT2D eigenvalue weighted by atomic mass is 19.1. The SMILES string of the molecule is CCNCC(OCC1CCCC1)c1ccccc1F. The van der Waals surface area contributed by atoms with Gasteiger partial charge in [-0.25, -0.2) is 4.39 Å². The zero-order valence-corrected chi connectivity index (χ0v) is 11.7. The smallest absolute Gasteiger partial charge is 0.129 e. The molecule has 1 aromatic rings. The quantitative estimate of drug-likeness (QED) is 0.812. The largest absolute Gasteiger partial charge is 0.372 e. The van der Waals surface area contributed by atoms with Crippen molar-refractivity contribution in [1.82, 2.24) is 5.32 Å². The number of likely N-dealkylation sites (N-methyl/N-ethyl adjacent to an activating group) is 1. The van der Waals surface area contributed by atoms with Crippen LogP contribution in [0, 0.1) is 11.7 Å². The van der Waals surface area contributed by atoms with Crippen molar-refractivity contribution in [3.63, 3.8) is 0 Å². The molecule has 1 aliphatic carbocycles. The van der Waals surface area contributed by atoms with Gasteiger partial charge in [0.05, 0.1) is 12.7 Å². The number of halogens is 1. The van der Waals surface area contributed by atoms with Crippen molar-refractivity contribution in [2.75, 3.05) is 19.7 Å². The predicted molar refractivity (Wildman–Crippen MR) is 75.6 cm³/mol. The molecule has 3 heteroatoms. The Morgan fingerprint density at radius 3 is 2.74 bits per heavy atom. The Labute approximate surface area is 115 Å². The Bertz CT molecular complexity index is 377. The zero-order valence-electron chi connectivity index (χ0n) is 11.7. The minimum atomic E-state index is -0.179. The Hall–Kier alpha value is -0.930. The molecule has 2 rings (SSSR count). The van der Waals surface area contributed by atoms with Crippen LogP contribution in [0.15, 0.2) is 24.3 Å². The number of hydrogen-bond donors (Lipinski definition) is 1. The van der Waals surface area contributed by atoms with Gasteiger partial charge in [-0.05, 0) is 31.4 Å². The molecule has 1 aliphatic rings. The molecule has 0 radical (unpaired) electrons. The number of rotatable bonds is 7. The van der Waals surface area contributed by atoms with E-state index in [2.05, 4.69) is 12.2 Å². The van der Waals surface area contributed by atoms with E-state index in [0.29, 0.717) is 18.0 Å². The van der Waals surface area contributed by atoms with E-state index in [0.717, 1.165) is 13.2 Å². The van der Waals surface area contributed by atoms with Crippen LogP contribution in [0.3, 0.4) is 0 Å². The second-order valence-electron chi connectivity index (χ2n) is 5.30. The van der Waals surface area contributed by atoms with Crippen LogP contribution >= 0.6 is 0 Å². The lowest BCUT2D eigenvalue weighted by atomic mass is 10.1. The number of nitrogens with one attached hydrogen (secondary N) is 1. The lowest BCUT2D eigenvalue weighted by Crippen LogP contribution is -2.25. The van der Waals surface area contributed by atoms with Crippen molar-refractivity contribution in [3.05, 3.63) is 35.6 Å². The third kappa shape index (κ3) is 4.29. The van der Waals surface area contributed by atoms with Crippen molar-refractivity contribution in [2.45, 2.75) is 38.7 Å². The molecule has 0 heterocycles. The molecule has 0 spiro atoms. The van der Waals surface area contributed by atoms with Gasteiger partial charge in [-0.3, -0.25) is 0 Å². The highest BCUT2D eigenvalue weighted by molar-refractivity contribution is 5.20. The van der Waals surface area contributed by atoms with Gasteiger partial charge in [0.2, 0.25) is 0 Å². The fraction of sp³-hybridized carbons (Fsp3) is 0.625. The zero-order chi connectivity index (χ0) is 13.5. The van der Waals surface area contributed by atoms with Crippen LogP contribution in [0.2, 0.25) is 0 Å². The highest BCUT2D eigenvalue weighted by Gasteiger charge is 2.20. The summed E-state index contributed by atoms with van der Waals surface area (Å²) in [4.78, 5) is 0. The Morgan fingerprint density at radius 2 is 2.05 bits per heavy atom. The summed E-state index contributed by atoms with van der Waals surface area (Å²) in [5.41, 5.74) is 0.668. The van der Waals surface area contributed by atoms with Gasteiger partial charge >= 0.3 is 0 Å². The number of ether oxygens (including phenoxy) is 1. The first-order chi connectivity index (χ1) is 9.31. The maximum Gasteiger partial charge on any atom is 0.129 e. The van der Waals surface area contributed by atoms with Gasteiger partial charge in [0, 0.05) is 12.1 Å². The van der Waals surface area contributed by atoms with Gasteiger partial charge in [-0.15, -0.1) is 0 Å². The van der Waals surface area contributed by atoms with Crippen LogP contribution in [-0.2, 0) is 4.74 Å². The van der Waals surface area contributed by atoms with E-state index in [1.807, 2.05) is 12.1 Å². The summed E-state index contributed by atoms with van der Waals surface area (Å²) < 4.78 is 19.9. The van der Waals surface area contributed by atoms with E-state index in [4.69, 9.17) is 4.74 Å². The molecule has 2 nitrogen and oxygen atoms in total. The molecular formula is C16H24FNO. The van der Waals surface area contributed by atoms with Crippen LogP contribution in [-0.4, -0.2) is 19.7 Å². The van der Waals surface area contributed by atoms with Crippen molar-refractivity contribution in [3.8, 4) is 0 Å². The standard InChI is InChI=1S/C16H24FNO/c1-2-18-11-16(14-9-5-6-10-15(14)17)19-12-13-7-3-4-8-13/h5-6,9-10,13,16,18H,2-4,7-8,11-12H2,1H3. The highest BCUT2D eigenvalue weighted by Crippen LogP contribution is 2.27. The van der Waals surface area contributed by atoms with Gasteiger partial charge in [-0.2, -0.15) is 0 Å². The topological polar surface area (TPSA) is 21.3 Å². The van der Waals surface area contributed by atoms with E-state index in [9.17, 15) is 4.39 Å². The minimum Gasteiger partial charge on any atom is -0.372 e. The molecule has 1 unspecified atom stereocenters. The van der Waals surface area contributed by atoms with Gasteiger partial charge in [-0.1, -0.05) is 38.0 Å². The summed E-state index contributed by atoms with van der Waals surface area (Å²) in [7, 11) is 0. The first kappa shape index (κ1) is 14.5. The molecule has 1 fully saturated rings. The second-order valence-corrected chi connectivity index (χ2v) is 5.30. The van der Waals surface area contributed by atoms with Crippen molar-refractivity contribution in [1.29, 1.82) is 0 Å². The molecule has 0 saturated heterocycles. The Morgan fingerprint density at radius 1 is 1.32 bits per heavy atom. The fourth-order valence-corrected chi connectivity index (χ4v) is 2.70. The molecule has 1 aromatic carbocycles. The molecule has 1 saturated carbocycles. The summed E-state index contributed by atoms with van der Waals surface area (Å²) in [6, 6.07) is 6.93. The molecular weight excluding hydrogens is 241 g/mol. The first-order valence-corrected chi connectivity index (χ1v) is 7.38. The molecule has 0 aliphatic heterocycles. The lowest BCUT2D eigenvalue weighted by molar-refractivity contribution is 0.0277. The maximum absolute atomic E-state index is 13.9. The summed E-state index contributed by atoms with van der Waals surface area (Å²) in [6.07, 6.45) is 4.95. The van der Waals surface area contributed by atoms with E-state index in [1.54, 1.807) is 6.07 Å². The third-order valence-corrected chi connectivity index (χ3v) is 3.84. The predicted octanol–water partition coefficient (Wildman–Crippen LogP) is 3.68.